The first kappa shape index (κ1) is 19.3. The van der Waals surface area contributed by atoms with Crippen LogP contribution in [-0.2, 0) is 4.79 Å². The zero-order chi connectivity index (χ0) is 21.0. The van der Waals surface area contributed by atoms with Gasteiger partial charge >= 0.3 is 0 Å². The van der Waals surface area contributed by atoms with E-state index in [2.05, 4.69) is 4.98 Å². The molecule has 2 heterocycles. The molecule has 4 aromatic rings. The van der Waals surface area contributed by atoms with E-state index in [-0.39, 0.29) is 17.9 Å². The zero-order valence-corrected chi connectivity index (χ0v) is 17.2. The van der Waals surface area contributed by atoms with Gasteiger partial charge in [-0.2, -0.15) is 0 Å². The molecule has 1 unspecified atom stereocenters. The monoisotopic (exact) mass is 408 g/mol. The van der Waals surface area contributed by atoms with Crippen molar-refractivity contribution in [1.82, 2.24) is 9.88 Å². The Morgan fingerprint density at radius 3 is 2.26 bits per heavy atom. The number of likely N-dealkylation sites (tertiary alicyclic amines) is 1. The molecule has 4 nitrogen and oxygen atoms in total. The van der Waals surface area contributed by atoms with E-state index in [9.17, 15) is 4.79 Å². The average molecular weight is 409 g/mol. The molecular formula is C27H24N2O2. The molecule has 1 fully saturated rings. The summed E-state index contributed by atoms with van der Waals surface area (Å²) in [5, 5.41) is 1.05. The van der Waals surface area contributed by atoms with Gasteiger partial charge < -0.3 is 9.64 Å². The van der Waals surface area contributed by atoms with E-state index in [1.807, 2.05) is 95.9 Å². The molecule has 4 heteroatoms. The summed E-state index contributed by atoms with van der Waals surface area (Å²) in [7, 11) is 0. The van der Waals surface area contributed by atoms with E-state index in [4.69, 9.17) is 4.74 Å². The summed E-state index contributed by atoms with van der Waals surface area (Å²) in [6, 6.07) is 30.0. The summed E-state index contributed by atoms with van der Waals surface area (Å²) >= 11 is 0. The molecule has 3 aromatic carbocycles. The smallest absolute Gasteiger partial charge is 0.234 e. The Morgan fingerprint density at radius 1 is 0.871 bits per heavy atom. The molecule has 1 amide bonds. The van der Waals surface area contributed by atoms with E-state index in [1.54, 1.807) is 6.20 Å². The molecule has 1 atom stereocenters. The van der Waals surface area contributed by atoms with Gasteiger partial charge in [0, 0.05) is 24.5 Å². The molecule has 0 bridgehead atoms. The van der Waals surface area contributed by atoms with Crippen LogP contribution in [0.2, 0.25) is 0 Å². The zero-order valence-electron chi connectivity index (χ0n) is 17.2. The van der Waals surface area contributed by atoms with E-state index in [1.165, 1.54) is 0 Å². The molecule has 0 spiro atoms. The molecule has 1 saturated heterocycles. The minimum atomic E-state index is -0.305. The molecule has 154 valence electrons. The first-order valence-electron chi connectivity index (χ1n) is 10.7. The third kappa shape index (κ3) is 4.02. The van der Waals surface area contributed by atoms with Gasteiger partial charge in [0.15, 0.2) is 0 Å². The van der Waals surface area contributed by atoms with Crippen molar-refractivity contribution < 1.29 is 9.53 Å². The van der Waals surface area contributed by atoms with Crippen LogP contribution < -0.4 is 4.74 Å². The van der Waals surface area contributed by atoms with Gasteiger partial charge in [0.2, 0.25) is 5.91 Å². The Morgan fingerprint density at radius 2 is 1.55 bits per heavy atom. The van der Waals surface area contributed by atoms with Gasteiger partial charge in [-0.05, 0) is 23.3 Å². The lowest BCUT2D eigenvalue weighted by atomic mass is 9.90. The number of amides is 1. The van der Waals surface area contributed by atoms with Crippen LogP contribution >= 0.6 is 0 Å². The van der Waals surface area contributed by atoms with Gasteiger partial charge in [-0.3, -0.25) is 9.78 Å². The summed E-state index contributed by atoms with van der Waals surface area (Å²) in [6.07, 6.45) is 2.55. The van der Waals surface area contributed by atoms with Gasteiger partial charge in [0.1, 0.15) is 17.4 Å². The van der Waals surface area contributed by atoms with Crippen molar-refractivity contribution in [3.8, 4) is 5.75 Å². The van der Waals surface area contributed by atoms with Gasteiger partial charge in [-0.25, -0.2) is 0 Å². The molecule has 31 heavy (non-hydrogen) atoms. The summed E-state index contributed by atoms with van der Waals surface area (Å²) in [6.45, 7) is 1.27. The Kier molecular flexibility index (Phi) is 5.36. The second-order valence-electron chi connectivity index (χ2n) is 7.90. The molecule has 0 saturated carbocycles. The number of para-hydroxylation sites is 1. The fraction of sp³-hybridized carbons (Fsp3) is 0.185. The molecule has 1 aliphatic heterocycles. The average Bonchev–Trinajstić information content (AvgIpc) is 3.30. The van der Waals surface area contributed by atoms with Crippen molar-refractivity contribution in [2.75, 3.05) is 13.1 Å². The highest BCUT2D eigenvalue weighted by molar-refractivity contribution is 5.87. The third-order valence-electron chi connectivity index (χ3n) is 5.86. The number of rotatable bonds is 5. The lowest BCUT2D eigenvalue weighted by Gasteiger charge is -2.24. The number of ether oxygens (including phenoxy) is 1. The molecular weight excluding hydrogens is 384 g/mol. The number of carbonyl (C=O) groups is 1. The second-order valence-corrected chi connectivity index (χ2v) is 7.90. The maximum atomic E-state index is 13.6. The van der Waals surface area contributed by atoms with Crippen molar-refractivity contribution in [3.05, 3.63) is 108 Å². The fourth-order valence-corrected chi connectivity index (χ4v) is 4.33. The van der Waals surface area contributed by atoms with Crippen LogP contribution in [-0.4, -0.2) is 35.0 Å². The van der Waals surface area contributed by atoms with Gasteiger partial charge in [-0.1, -0.05) is 78.9 Å². The van der Waals surface area contributed by atoms with E-state index < -0.39 is 0 Å². The van der Waals surface area contributed by atoms with Gasteiger partial charge in [0.25, 0.3) is 0 Å². The largest absolute Gasteiger partial charge is 0.486 e. The van der Waals surface area contributed by atoms with Crippen molar-refractivity contribution in [2.45, 2.75) is 18.4 Å². The highest BCUT2D eigenvalue weighted by Crippen LogP contribution is 2.30. The van der Waals surface area contributed by atoms with E-state index in [0.717, 1.165) is 34.2 Å². The number of nitrogens with zero attached hydrogens (tertiary/aromatic N) is 2. The molecule has 5 rings (SSSR count). The van der Waals surface area contributed by atoms with Crippen LogP contribution in [0.5, 0.6) is 5.75 Å². The van der Waals surface area contributed by atoms with Crippen LogP contribution in [0.3, 0.4) is 0 Å². The standard InChI is InChI=1S/C27H24N2O2/c30-27(25(20-9-3-1-4-10-20)21-11-5-2-6-12-21)29-18-16-23(19-29)31-24-15-7-13-22-14-8-17-28-26(22)24/h1-15,17,23,25H,16,18-19H2. The van der Waals surface area contributed by atoms with E-state index >= 15 is 0 Å². The van der Waals surface area contributed by atoms with Crippen molar-refractivity contribution in [3.63, 3.8) is 0 Å². The van der Waals surface area contributed by atoms with Crippen LogP contribution in [0, 0.1) is 0 Å². The lowest BCUT2D eigenvalue weighted by molar-refractivity contribution is -0.131. The van der Waals surface area contributed by atoms with E-state index in [0.29, 0.717) is 13.1 Å². The number of hydrogen-bond acceptors (Lipinski definition) is 3. The predicted molar refractivity (Wildman–Crippen MR) is 122 cm³/mol. The number of fused-ring (bicyclic) bond motifs is 1. The maximum Gasteiger partial charge on any atom is 0.234 e. The van der Waals surface area contributed by atoms with Crippen LogP contribution in [0.15, 0.2) is 97.2 Å². The summed E-state index contributed by atoms with van der Waals surface area (Å²) < 4.78 is 6.30. The quantitative estimate of drug-likeness (QED) is 0.464. The topological polar surface area (TPSA) is 42.4 Å². The first-order valence-corrected chi connectivity index (χ1v) is 10.7. The Hall–Kier alpha value is -3.66. The number of pyridine rings is 1. The fourth-order valence-electron chi connectivity index (χ4n) is 4.33. The number of carbonyl (C=O) groups excluding carboxylic acids is 1. The van der Waals surface area contributed by atoms with Crippen molar-refractivity contribution in [1.29, 1.82) is 0 Å². The highest BCUT2D eigenvalue weighted by atomic mass is 16.5. The molecule has 1 aliphatic rings. The minimum Gasteiger partial charge on any atom is -0.486 e. The molecule has 0 radical (unpaired) electrons. The number of hydrogen-bond donors (Lipinski definition) is 0. The van der Waals surface area contributed by atoms with Crippen molar-refractivity contribution in [2.24, 2.45) is 0 Å². The molecule has 0 aliphatic carbocycles. The SMILES string of the molecule is O=C(C(c1ccccc1)c1ccccc1)N1CCC(Oc2cccc3cccnc23)C1. The van der Waals surface area contributed by atoms with Gasteiger partial charge in [0.05, 0.1) is 12.5 Å². The maximum absolute atomic E-state index is 13.6. The predicted octanol–water partition coefficient (Wildman–Crippen LogP) is 5.05. The third-order valence-corrected chi connectivity index (χ3v) is 5.86. The second kappa shape index (κ2) is 8.60. The summed E-state index contributed by atoms with van der Waals surface area (Å²) in [4.78, 5) is 20.0. The minimum absolute atomic E-state index is 0.0382. The highest BCUT2D eigenvalue weighted by Gasteiger charge is 2.33. The van der Waals surface area contributed by atoms with Crippen molar-refractivity contribution >= 4 is 16.8 Å². The van der Waals surface area contributed by atoms with Crippen LogP contribution in [0.25, 0.3) is 10.9 Å². The Labute approximate surface area is 182 Å². The molecule has 1 aromatic heterocycles. The Balaban J connectivity index is 1.36. The molecule has 0 N–H and O–H groups in total. The lowest BCUT2D eigenvalue weighted by Crippen LogP contribution is -2.35. The normalized spacial score (nSPS) is 16.0. The van der Waals surface area contributed by atoms with Crippen LogP contribution in [0.4, 0.5) is 0 Å². The Bertz CT molecular complexity index is 1130. The van der Waals surface area contributed by atoms with Crippen LogP contribution in [0.1, 0.15) is 23.5 Å². The summed E-state index contributed by atoms with van der Waals surface area (Å²) in [5.74, 6) is 0.597. The van der Waals surface area contributed by atoms with Gasteiger partial charge in [-0.15, -0.1) is 0 Å². The number of benzene rings is 3. The summed E-state index contributed by atoms with van der Waals surface area (Å²) in [5.41, 5.74) is 2.89. The number of aromatic nitrogens is 1. The first-order chi connectivity index (χ1) is 15.3.